The standard InChI is InChI=1S/C64H123NO9Si5/c1-50(58(74-79(25,26)64(14,15)16)49-68-47-51-36-29-27-30-37-51)46-56-57(70-59(67)65-56)45-32-28-31-38-52(66)39-33-40-53(71-76(19,20)61(5,6)7)41-34-42-54(72-77(21,22)62(8,9)10)43-35-44-55(73-78(23,24)63(11,12)13)48-69-75(17,18)60(2,3)4/h27,29-30,33-37,40-41,43,50,52-58,66H,28,31-32,38-39,42,44-49H2,1-26H3,(H,65,67)/b40-33-,41-34+,43-35+/t50-,52+,53+,54+,55-,56-,57-,58-/m0/s1. The minimum absolute atomic E-state index is 0.0325. The topological polar surface area (TPSA) is 114 Å². The number of alkyl carbamates (subject to hydrolysis) is 1. The first-order valence-electron chi connectivity index (χ1n) is 30.4. The van der Waals surface area contributed by atoms with Crippen LogP contribution in [0.15, 0.2) is 66.8 Å². The highest BCUT2D eigenvalue weighted by molar-refractivity contribution is 6.75. The maximum Gasteiger partial charge on any atom is 0.407 e. The van der Waals surface area contributed by atoms with Gasteiger partial charge in [-0.1, -0.05) is 190 Å². The van der Waals surface area contributed by atoms with E-state index in [0.29, 0.717) is 32.7 Å². The van der Waals surface area contributed by atoms with Gasteiger partial charge < -0.3 is 42.0 Å². The molecule has 15 heteroatoms. The van der Waals surface area contributed by atoms with Crippen LogP contribution >= 0.6 is 0 Å². The summed E-state index contributed by atoms with van der Waals surface area (Å²) in [5.74, 6) is 0.140. The number of hydrogen-bond donors (Lipinski definition) is 2. The summed E-state index contributed by atoms with van der Waals surface area (Å²) in [6, 6.07) is 10.2. The van der Waals surface area contributed by atoms with E-state index in [1.54, 1.807) is 0 Å². The zero-order valence-electron chi connectivity index (χ0n) is 55.7. The fraction of sp³-hybridized carbons (Fsp3) is 0.797. The molecule has 1 fully saturated rings. The van der Waals surface area contributed by atoms with Crippen molar-refractivity contribution in [1.29, 1.82) is 0 Å². The summed E-state index contributed by atoms with van der Waals surface area (Å²) in [5, 5.41) is 14.7. The molecule has 0 aliphatic carbocycles. The molecule has 1 amide bonds. The largest absolute Gasteiger partial charge is 0.444 e. The Morgan fingerprint density at radius 2 is 1.09 bits per heavy atom. The fourth-order valence-corrected chi connectivity index (χ4v) is 14.3. The van der Waals surface area contributed by atoms with E-state index in [-0.39, 0.29) is 73.8 Å². The van der Waals surface area contributed by atoms with Gasteiger partial charge in [0.15, 0.2) is 41.6 Å². The molecule has 1 aromatic rings. The van der Waals surface area contributed by atoms with E-state index in [1.807, 2.05) is 18.2 Å². The second kappa shape index (κ2) is 30.5. The molecule has 2 rings (SSSR count). The molecule has 0 radical (unpaired) electrons. The van der Waals surface area contributed by atoms with E-state index in [1.165, 1.54) is 0 Å². The van der Waals surface area contributed by atoms with Gasteiger partial charge in [-0.15, -0.1) is 0 Å². The van der Waals surface area contributed by atoms with Gasteiger partial charge in [0.25, 0.3) is 0 Å². The lowest BCUT2D eigenvalue weighted by atomic mass is 9.92. The third kappa shape index (κ3) is 25.3. The smallest absolute Gasteiger partial charge is 0.407 e. The number of cyclic esters (lactones) is 1. The molecular weight excluding hydrogens is 1070 g/mol. The molecule has 0 spiro atoms. The van der Waals surface area contributed by atoms with E-state index in [2.05, 4.69) is 230 Å². The lowest BCUT2D eigenvalue weighted by Crippen LogP contribution is -2.48. The van der Waals surface area contributed by atoms with E-state index in [4.69, 9.17) is 31.6 Å². The molecule has 1 aliphatic heterocycles. The van der Waals surface area contributed by atoms with Crippen molar-refractivity contribution in [2.75, 3.05) is 13.2 Å². The van der Waals surface area contributed by atoms with Crippen molar-refractivity contribution in [2.45, 2.75) is 309 Å². The van der Waals surface area contributed by atoms with Crippen LogP contribution in [0.25, 0.3) is 0 Å². The first-order valence-corrected chi connectivity index (χ1v) is 45.0. The van der Waals surface area contributed by atoms with E-state index in [9.17, 15) is 9.90 Å². The van der Waals surface area contributed by atoms with E-state index >= 15 is 0 Å². The second-order valence-corrected chi connectivity index (χ2v) is 54.8. The van der Waals surface area contributed by atoms with Gasteiger partial charge in [-0.2, -0.15) is 0 Å². The Hall–Kier alpha value is -1.49. The quantitative estimate of drug-likeness (QED) is 0.0403. The number of unbranched alkanes of at least 4 members (excludes halogenated alkanes) is 2. The van der Waals surface area contributed by atoms with Crippen LogP contribution in [0.1, 0.15) is 174 Å². The molecule has 2 N–H and O–H groups in total. The van der Waals surface area contributed by atoms with Crippen LogP contribution in [0.3, 0.4) is 0 Å². The molecule has 1 aromatic carbocycles. The van der Waals surface area contributed by atoms with Crippen molar-refractivity contribution in [3.63, 3.8) is 0 Å². The number of aliphatic hydroxyl groups excluding tert-OH is 1. The molecule has 0 unspecified atom stereocenters. The summed E-state index contributed by atoms with van der Waals surface area (Å²) in [6.07, 6.45) is 18.8. The second-order valence-electron chi connectivity index (χ2n) is 30.9. The van der Waals surface area contributed by atoms with Crippen LogP contribution < -0.4 is 5.32 Å². The first-order chi connectivity index (χ1) is 35.8. The summed E-state index contributed by atoms with van der Waals surface area (Å²) < 4.78 is 47.2. The highest BCUT2D eigenvalue weighted by Crippen LogP contribution is 2.42. The Labute approximate surface area is 491 Å². The molecule has 0 bridgehead atoms. The summed E-state index contributed by atoms with van der Waals surface area (Å²) >= 11 is 0. The molecule has 1 aliphatic rings. The number of rotatable bonds is 33. The van der Waals surface area contributed by atoms with Crippen LogP contribution in [-0.4, -0.2) is 109 Å². The van der Waals surface area contributed by atoms with Crippen molar-refractivity contribution < 1.29 is 41.5 Å². The predicted octanol–water partition coefficient (Wildman–Crippen LogP) is 18.4. The maximum absolute atomic E-state index is 12.7. The minimum Gasteiger partial charge on any atom is -0.444 e. The molecule has 1 saturated heterocycles. The Morgan fingerprint density at radius 3 is 1.63 bits per heavy atom. The molecule has 79 heavy (non-hydrogen) atoms. The van der Waals surface area contributed by atoms with Crippen molar-refractivity contribution in [3.05, 3.63) is 72.4 Å². The van der Waals surface area contributed by atoms with Gasteiger partial charge in [0.1, 0.15) is 6.10 Å². The van der Waals surface area contributed by atoms with E-state index < -0.39 is 47.7 Å². The van der Waals surface area contributed by atoms with Crippen LogP contribution in [0.5, 0.6) is 0 Å². The Bertz CT molecular complexity index is 2020. The summed E-state index contributed by atoms with van der Waals surface area (Å²) in [4.78, 5) is 12.7. The van der Waals surface area contributed by atoms with Crippen LogP contribution in [0.2, 0.25) is 90.7 Å². The Kier molecular flexibility index (Phi) is 28.5. The van der Waals surface area contributed by atoms with Gasteiger partial charge in [-0.05, 0) is 147 Å². The monoisotopic (exact) mass is 1190 g/mol. The number of hydrogen-bond acceptors (Lipinski definition) is 9. The molecule has 10 nitrogen and oxygen atoms in total. The highest BCUT2D eigenvalue weighted by atomic mass is 28.4. The summed E-state index contributed by atoms with van der Waals surface area (Å²) in [5.41, 5.74) is 1.14. The van der Waals surface area contributed by atoms with Gasteiger partial charge in [0.2, 0.25) is 0 Å². The molecule has 1 heterocycles. The van der Waals surface area contributed by atoms with Crippen molar-refractivity contribution >= 4 is 47.7 Å². The van der Waals surface area contributed by atoms with Crippen molar-refractivity contribution in [3.8, 4) is 0 Å². The molecule has 0 saturated carbocycles. The maximum atomic E-state index is 12.7. The number of benzene rings is 1. The average molecular weight is 1190 g/mol. The van der Waals surface area contributed by atoms with Crippen molar-refractivity contribution in [1.82, 2.24) is 5.32 Å². The third-order valence-electron chi connectivity index (χ3n) is 18.8. The number of aliphatic hydroxyl groups is 1. The molecular formula is C64H123NO9Si5. The zero-order chi connectivity index (χ0) is 60.7. The number of carbonyl (C=O) groups is 1. The van der Waals surface area contributed by atoms with Crippen LogP contribution in [-0.2, 0) is 38.2 Å². The number of nitrogens with one attached hydrogen (secondary N) is 1. The first kappa shape index (κ1) is 73.6. The molecule has 8 atom stereocenters. The number of amides is 1. The Balaban J connectivity index is 2.17. The average Bonchev–Trinajstić information content (AvgIpc) is 3.63. The lowest BCUT2D eigenvalue weighted by Gasteiger charge is -2.41. The minimum atomic E-state index is -2.15. The normalized spacial score (nSPS) is 19.5. The molecule has 0 aromatic heterocycles. The summed E-state index contributed by atoms with van der Waals surface area (Å²) in [6.45, 7) is 61.3. The zero-order valence-corrected chi connectivity index (χ0v) is 60.7. The fourth-order valence-electron chi connectivity index (χ4n) is 8.02. The SMILES string of the molecule is C[C@@H](C[C@@H]1NC(=O)O[C@H]1CCCCC[C@@H](O)C/C=C\[C@H](/C=C/C[C@H](/C=C/C[C@@H](CO[Si](C)(C)C(C)(C)C)O[Si](C)(C)C(C)(C)C)O[Si](C)(C)C(C)(C)C)O[Si](C)(C)C(C)(C)C)[C@H](COCc1ccccc1)O[Si](C)(C)C(C)(C)C. The predicted molar refractivity (Wildman–Crippen MR) is 349 cm³/mol. The third-order valence-corrected chi connectivity index (χ3v) is 41.3. The van der Waals surface area contributed by atoms with E-state index in [0.717, 1.165) is 50.5 Å². The van der Waals surface area contributed by atoms with Crippen LogP contribution in [0, 0.1) is 5.92 Å². The Morgan fingerprint density at radius 1 is 0.595 bits per heavy atom. The van der Waals surface area contributed by atoms with Gasteiger partial charge in [-0.25, -0.2) is 4.79 Å². The lowest BCUT2D eigenvalue weighted by molar-refractivity contribution is 0.00333. The van der Waals surface area contributed by atoms with Gasteiger partial charge in [0.05, 0.1) is 56.4 Å². The van der Waals surface area contributed by atoms with Gasteiger partial charge in [-0.3, -0.25) is 0 Å². The highest BCUT2D eigenvalue weighted by Gasteiger charge is 2.45. The van der Waals surface area contributed by atoms with Gasteiger partial charge >= 0.3 is 6.09 Å². The number of ether oxygens (including phenoxy) is 2. The van der Waals surface area contributed by atoms with Crippen LogP contribution in [0.4, 0.5) is 4.79 Å². The molecule has 458 valence electrons. The van der Waals surface area contributed by atoms with Crippen molar-refractivity contribution in [2.24, 2.45) is 5.92 Å². The van der Waals surface area contributed by atoms with Gasteiger partial charge in [0, 0.05) is 0 Å². The number of carbonyl (C=O) groups excluding carboxylic acids is 1. The summed E-state index contributed by atoms with van der Waals surface area (Å²) in [7, 11) is -10.4.